The lowest BCUT2D eigenvalue weighted by molar-refractivity contribution is -0.139. The van der Waals surface area contributed by atoms with Crippen molar-refractivity contribution in [2.24, 2.45) is 0 Å². The average Bonchev–Trinajstić information content (AvgIpc) is 2.83. The minimum absolute atomic E-state index is 0.103. The van der Waals surface area contributed by atoms with Crippen molar-refractivity contribution < 1.29 is 18.0 Å². The van der Waals surface area contributed by atoms with E-state index in [2.05, 4.69) is 5.32 Å². The lowest BCUT2D eigenvalue weighted by Gasteiger charge is -2.33. The van der Waals surface area contributed by atoms with E-state index < -0.39 is 28.5 Å². The second kappa shape index (κ2) is 12.1. The van der Waals surface area contributed by atoms with Gasteiger partial charge in [0.05, 0.1) is 11.9 Å². The Balaban J connectivity index is 1.89. The molecule has 0 saturated heterocycles. The van der Waals surface area contributed by atoms with Crippen LogP contribution in [0.2, 0.25) is 5.02 Å². The maximum Gasteiger partial charge on any atom is 0.244 e. The zero-order valence-corrected chi connectivity index (χ0v) is 23.0. The largest absolute Gasteiger partial charge is 0.352 e. The van der Waals surface area contributed by atoms with Gasteiger partial charge in [0.15, 0.2) is 0 Å². The van der Waals surface area contributed by atoms with Gasteiger partial charge in [-0.05, 0) is 62.4 Å². The molecule has 196 valence electrons. The van der Waals surface area contributed by atoms with Gasteiger partial charge in [-0.1, -0.05) is 61.2 Å². The predicted molar refractivity (Wildman–Crippen MR) is 145 cm³/mol. The number of hydrogen-bond donors (Lipinski definition) is 1. The van der Waals surface area contributed by atoms with E-state index in [4.69, 9.17) is 11.6 Å². The molecular formula is C27H36ClN3O4S. The number of hydrogen-bond acceptors (Lipinski definition) is 4. The van der Waals surface area contributed by atoms with E-state index in [1.165, 1.54) is 17.4 Å². The van der Waals surface area contributed by atoms with E-state index in [1.807, 2.05) is 38.1 Å². The standard InChI is InChI=1S/C27H36ClN3O4S/c1-19-10-8-9-11-22(19)17-30(21(3)27(33)29-23-12-6-5-7-13-23)26(32)18-31(36(4,34)35)24-15-14-20(2)25(28)16-24/h8-11,14-16,21,23H,5-7,12-13,17-18H2,1-4H3,(H,29,33). The zero-order chi connectivity index (χ0) is 26.5. The van der Waals surface area contributed by atoms with Crippen molar-refractivity contribution >= 4 is 39.1 Å². The maximum atomic E-state index is 13.7. The van der Waals surface area contributed by atoms with E-state index in [-0.39, 0.29) is 18.5 Å². The van der Waals surface area contributed by atoms with Crippen LogP contribution in [-0.4, -0.2) is 50.0 Å². The summed E-state index contributed by atoms with van der Waals surface area (Å²) in [5, 5.41) is 3.51. The van der Waals surface area contributed by atoms with Gasteiger partial charge in [0.2, 0.25) is 21.8 Å². The summed E-state index contributed by atoms with van der Waals surface area (Å²) in [4.78, 5) is 28.4. The Morgan fingerprint density at radius 3 is 2.33 bits per heavy atom. The Labute approximate surface area is 219 Å². The molecule has 0 radical (unpaired) electrons. The molecule has 1 unspecified atom stereocenters. The molecule has 36 heavy (non-hydrogen) atoms. The number of benzene rings is 2. The first kappa shape index (κ1) is 28.0. The third-order valence-corrected chi connectivity index (χ3v) is 8.39. The Kier molecular flexibility index (Phi) is 9.41. The van der Waals surface area contributed by atoms with Crippen LogP contribution >= 0.6 is 11.6 Å². The van der Waals surface area contributed by atoms with Gasteiger partial charge in [0.25, 0.3) is 0 Å². The number of nitrogens with zero attached hydrogens (tertiary/aromatic N) is 2. The first-order chi connectivity index (χ1) is 17.0. The maximum absolute atomic E-state index is 13.7. The lowest BCUT2D eigenvalue weighted by atomic mass is 9.95. The van der Waals surface area contributed by atoms with Crippen LogP contribution in [0.5, 0.6) is 0 Å². The first-order valence-corrected chi connectivity index (χ1v) is 14.6. The number of aryl methyl sites for hydroxylation is 2. The third-order valence-electron chi connectivity index (χ3n) is 6.84. The topological polar surface area (TPSA) is 86.8 Å². The van der Waals surface area contributed by atoms with Crippen LogP contribution in [0.25, 0.3) is 0 Å². The van der Waals surface area contributed by atoms with Gasteiger partial charge < -0.3 is 10.2 Å². The van der Waals surface area contributed by atoms with E-state index in [0.29, 0.717) is 10.7 Å². The fourth-order valence-corrected chi connectivity index (χ4v) is 5.49. The normalized spacial score (nSPS) is 15.2. The second-order valence-electron chi connectivity index (χ2n) is 9.67. The summed E-state index contributed by atoms with van der Waals surface area (Å²) in [5.41, 5.74) is 2.99. The summed E-state index contributed by atoms with van der Waals surface area (Å²) in [6, 6.07) is 11.9. The molecule has 0 spiro atoms. The summed E-state index contributed by atoms with van der Waals surface area (Å²) in [5.74, 6) is -0.695. The molecule has 0 heterocycles. The first-order valence-electron chi connectivity index (χ1n) is 12.4. The molecule has 2 amide bonds. The second-order valence-corrected chi connectivity index (χ2v) is 12.0. The Morgan fingerprint density at radius 1 is 1.06 bits per heavy atom. The Bertz CT molecular complexity index is 1200. The molecule has 1 N–H and O–H groups in total. The van der Waals surface area contributed by atoms with E-state index >= 15 is 0 Å². The number of rotatable bonds is 9. The highest BCUT2D eigenvalue weighted by molar-refractivity contribution is 7.92. The number of carbonyl (C=O) groups excluding carboxylic acids is 2. The molecule has 0 bridgehead atoms. The summed E-state index contributed by atoms with van der Waals surface area (Å²) in [7, 11) is -3.80. The predicted octanol–water partition coefficient (Wildman–Crippen LogP) is 4.59. The molecule has 1 aliphatic carbocycles. The minimum Gasteiger partial charge on any atom is -0.352 e. The van der Waals surface area contributed by atoms with Gasteiger partial charge in [-0.15, -0.1) is 0 Å². The number of anilines is 1. The fraction of sp³-hybridized carbons (Fsp3) is 0.481. The SMILES string of the molecule is Cc1ccc(N(CC(=O)N(Cc2ccccc2C)C(C)C(=O)NC2CCCCC2)S(C)(=O)=O)cc1Cl. The zero-order valence-electron chi connectivity index (χ0n) is 21.5. The van der Waals surface area contributed by atoms with Crippen LogP contribution in [0.15, 0.2) is 42.5 Å². The van der Waals surface area contributed by atoms with Crippen molar-refractivity contribution in [2.45, 2.75) is 71.5 Å². The van der Waals surface area contributed by atoms with Crippen LogP contribution in [0, 0.1) is 13.8 Å². The van der Waals surface area contributed by atoms with E-state index in [9.17, 15) is 18.0 Å². The van der Waals surface area contributed by atoms with Crippen LogP contribution in [-0.2, 0) is 26.2 Å². The Morgan fingerprint density at radius 2 is 1.72 bits per heavy atom. The third kappa shape index (κ3) is 7.23. The molecular weight excluding hydrogens is 498 g/mol. The molecule has 0 aliphatic heterocycles. The summed E-state index contributed by atoms with van der Waals surface area (Å²) in [6.45, 7) is 5.21. The van der Waals surface area contributed by atoms with Crippen molar-refractivity contribution in [3.05, 3.63) is 64.2 Å². The average molecular weight is 534 g/mol. The lowest BCUT2D eigenvalue weighted by Crippen LogP contribution is -2.53. The number of amides is 2. The van der Waals surface area contributed by atoms with Crippen LogP contribution in [0.3, 0.4) is 0 Å². The summed E-state index contributed by atoms with van der Waals surface area (Å²) >= 11 is 6.25. The van der Waals surface area contributed by atoms with Crippen LogP contribution < -0.4 is 9.62 Å². The van der Waals surface area contributed by atoms with Gasteiger partial charge in [-0.25, -0.2) is 8.42 Å². The van der Waals surface area contributed by atoms with Gasteiger partial charge in [0.1, 0.15) is 12.6 Å². The molecule has 1 fully saturated rings. The number of carbonyl (C=O) groups is 2. The van der Waals surface area contributed by atoms with Gasteiger partial charge in [-0.3, -0.25) is 13.9 Å². The van der Waals surface area contributed by atoms with Gasteiger partial charge in [-0.2, -0.15) is 0 Å². The highest BCUT2D eigenvalue weighted by Gasteiger charge is 2.31. The van der Waals surface area contributed by atoms with Crippen molar-refractivity contribution in [3.63, 3.8) is 0 Å². The molecule has 2 aromatic rings. The highest BCUT2D eigenvalue weighted by Crippen LogP contribution is 2.26. The minimum atomic E-state index is -3.80. The fourth-order valence-electron chi connectivity index (χ4n) is 4.47. The summed E-state index contributed by atoms with van der Waals surface area (Å²) < 4.78 is 26.4. The van der Waals surface area contributed by atoms with Crippen molar-refractivity contribution in [3.8, 4) is 0 Å². The van der Waals surface area contributed by atoms with E-state index in [0.717, 1.165) is 52.9 Å². The molecule has 2 aromatic carbocycles. The van der Waals surface area contributed by atoms with Crippen molar-refractivity contribution in [1.29, 1.82) is 0 Å². The van der Waals surface area contributed by atoms with Crippen molar-refractivity contribution in [1.82, 2.24) is 10.2 Å². The van der Waals surface area contributed by atoms with Gasteiger partial charge in [0, 0.05) is 17.6 Å². The van der Waals surface area contributed by atoms with Crippen molar-refractivity contribution in [2.75, 3.05) is 17.1 Å². The molecule has 3 rings (SSSR count). The molecule has 1 saturated carbocycles. The number of sulfonamides is 1. The van der Waals surface area contributed by atoms with Crippen LogP contribution in [0.1, 0.15) is 55.7 Å². The van der Waals surface area contributed by atoms with Gasteiger partial charge >= 0.3 is 0 Å². The summed E-state index contributed by atoms with van der Waals surface area (Å²) in [6.07, 6.45) is 6.24. The molecule has 7 nitrogen and oxygen atoms in total. The van der Waals surface area contributed by atoms with Crippen LogP contribution in [0.4, 0.5) is 5.69 Å². The monoisotopic (exact) mass is 533 g/mol. The Hall–Kier alpha value is -2.58. The van der Waals surface area contributed by atoms with E-state index in [1.54, 1.807) is 19.1 Å². The number of halogens is 1. The smallest absolute Gasteiger partial charge is 0.244 e. The molecule has 1 aliphatic rings. The number of nitrogens with one attached hydrogen (secondary N) is 1. The molecule has 1 atom stereocenters. The highest BCUT2D eigenvalue weighted by atomic mass is 35.5. The molecule has 9 heteroatoms. The quantitative estimate of drug-likeness (QED) is 0.511. The molecule has 0 aromatic heterocycles.